The Hall–Kier alpha value is -2.12. The quantitative estimate of drug-likeness (QED) is 0.746. The van der Waals surface area contributed by atoms with Gasteiger partial charge in [0, 0.05) is 24.9 Å². The lowest BCUT2D eigenvalue weighted by atomic mass is 10.1. The Morgan fingerprint density at radius 3 is 2.54 bits per heavy atom. The van der Waals surface area contributed by atoms with E-state index in [0.717, 1.165) is 11.3 Å². The molecule has 0 aliphatic carbocycles. The number of sulfonamides is 1. The van der Waals surface area contributed by atoms with Crippen molar-refractivity contribution in [2.24, 2.45) is 0 Å². The number of aryl methyl sites for hydroxylation is 1. The van der Waals surface area contributed by atoms with E-state index in [9.17, 15) is 8.42 Å². The fourth-order valence-electron chi connectivity index (χ4n) is 2.35. The van der Waals surface area contributed by atoms with Gasteiger partial charge in [0.15, 0.2) is 11.5 Å². The minimum atomic E-state index is -3.35. The van der Waals surface area contributed by atoms with Gasteiger partial charge in [-0.25, -0.2) is 13.1 Å². The van der Waals surface area contributed by atoms with E-state index >= 15 is 0 Å². The van der Waals surface area contributed by atoms with Crippen molar-refractivity contribution in [3.63, 3.8) is 0 Å². The maximum atomic E-state index is 12.1. The van der Waals surface area contributed by atoms with E-state index in [1.165, 1.54) is 0 Å². The number of aromatic nitrogens is 1. The van der Waals surface area contributed by atoms with Crippen molar-refractivity contribution < 1.29 is 17.9 Å². The molecule has 1 N–H and O–H groups in total. The van der Waals surface area contributed by atoms with Gasteiger partial charge in [-0.15, -0.1) is 0 Å². The largest absolute Gasteiger partial charge is 0.493 e. The summed E-state index contributed by atoms with van der Waals surface area (Å²) in [5.41, 5.74) is 1.65. The molecule has 0 aliphatic heterocycles. The van der Waals surface area contributed by atoms with Gasteiger partial charge >= 0.3 is 0 Å². The Morgan fingerprint density at radius 1 is 1.04 bits per heavy atom. The minimum absolute atomic E-state index is 0.0132. The lowest BCUT2D eigenvalue weighted by Gasteiger charge is -2.13. The number of ether oxygens (including phenoxy) is 2. The summed E-state index contributed by atoms with van der Waals surface area (Å²) in [6.07, 6.45) is 2.56. The molecule has 0 amide bonds. The van der Waals surface area contributed by atoms with Crippen LogP contribution < -0.4 is 14.2 Å². The second-order valence-electron chi connectivity index (χ2n) is 5.19. The molecule has 130 valence electrons. The molecule has 6 nitrogen and oxygen atoms in total. The molecule has 1 heterocycles. The average Bonchev–Trinajstić information content (AvgIpc) is 2.60. The van der Waals surface area contributed by atoms with Crippen LogP contribution in [0.2, 0.25) is 0 Å². The van der Waals surface area contributed by atoms with Crippen molar-refractivity contribution in [2.75, 3.05) is 26.5 Å². The van der Waals surface area contributed by atoms with E-state index < -0.39 is 10.0 Å². The number of para-hydroxylation sites is 1. The molecule has 2 aromatic rings. The van der Waals surface area contributed by atoms with E-state index in [1.807, 2.05) is 24.3 Å². The summed E-state index contributed by atoms with van der Waals surface area (Å²) >= 11 is 0. The zero-order chi connectivity index (χ0) is 17.4. The molecule has 7 heteroatoms. The number of rotatable bonds is 9. The normalized spacial score (nSPS) is 11.2. The summed E-state index contributed by atoms with van der Waals surface area (Å²) in [5.74, 6) is 1.28. The molecule has 0 fully saturated rings. The van der Waals surface area contributed by atoms with Crippen LogP contribution in [0.3, 0.4) is 0 Å². The molecule has 0 aliphatic rings. The summed E-state index contributed by atoms with van der Waals surface area (Å²) < 4.78 is 37.4. The number of nitrogens with zero attached hydrogens (tertiary/aromatic N) is 1. The highest BCUT2D eigenvalue weighted by Crippen LogP contribution is 2.30. The molecular weight excluding hydrogens is 328 g/mol. The summed E-state index contributed by atoms with van der Waals surface area (Å²) in [5, 5.41) is 0. The first-order valence-electron chi connectivity index (χ1n) is 7.63. The second kappa shape index (κ2) is 8.65. The Kier molecular flexibility index (Phi) is 6.57. The third-order valence-corrected chi connectivity index (χ3v) is 4.94. The summed E-state index contributed by atoms with van der Waals surface area (Å²) in [6, 6.07) is 11.0. The van der Waals surface area contributed by atoms with Gasteiger partial charge < -0.3 is 9.47 Å². The van der Waals surface area contributed by atoms with E-state index in [0.29, 0.717) is 30.9 Å². The smallest absolute Gasteiger partial charge is 0.211 e. The first-order valence-corrected chi connectivity index (χ1v) is 9.28. The molecule has 0 saturated heterocycles. The summed E-state index contributed by atoms with van der Waals surface area (Å²) in [4.78, 5) is 4.13. The fourth-order valence-corrected chi connectivity index (χ4v) is 3.38. The molecule has 0 saturated carbocycles. The molecule has 0 bridgehead atoms. The number of methoxy groups -OCH3 is 2. The molecule has 1 aromatic heterocycles. The minimum Gasteiger partial charge on any atom is -0.493 e. The van der Waals surface area contributed by atoms with Crippen molar-refractivity contribution in [1.82, 2.24) is 9.71 Å². The van der Waals surface area contributed by atoms with Crippen LogP contribution in [-0.2, 0) is 22.9 Å². The van der Waals surface area contributed by atoms with Crippen molar-refractivity contribution in [3.8, 4) is 11.5 Å². The number of hydrogen-bond acceptors (Lipinski definition) is 5. The van der Waals surface area contributed by atoms with Gasteiger partial charge in [-0.3, -0.25) is 4.98 Å². The maximum absolute atomic E-state index is 12.1. The van der Waals surface area contributed by atoms with Gasteiger partial charge in [0.1, 0.15) is 0 Å². The van der Waals surface area contributed by atoms with E-state index in [4.69, 9.17) is 9.47 Å². The van der Waals surface area contributed by atoms with Crippen LogP contribution in [0, 0.1) is 0 Å². The van der Waals surface area contributed by atoms with Crippen LogP contribution in [0.5, 0.6) is 11.5 Å². The van der Waals surface area contributed by atoms with Crippen molar-refractivity contribution >= 4 is 10.0 Å². The van der Waals surface area contributed by atoms with Gasteiger partial charge in [0.25, 0.3) is 0 Å². The topological polar surface area (TPSA) is 77.5 Å². The van der Waals surface area contributed by atoms with Crippen LogP contribution in [0.25, 0.3) is 0 Å². The van der Waals surface area contributed by atoms with Gasteiger partial charge in [-0.2, -0.15) is 0 Å². The predicted octanol–water partition coefficient (Wildman–Crippen LogP) is 1.80. The highest BCUT2D eigenvalue weighted by Gasteiger charge is 2.13. The third-order valence-electron chi connectivity index (χ3n) is 3.55. The highest BCUT2D eigenvalue weighted by molar-refractivity contribution is 7.89. The Balaban J connectivity index is 1.89. The van der Waals surface area contributed by atoms with Crippen LogP contribution in [0.1, 0.15) is 11.3 Å². The highest BCUT2D eigenvalue weighted by atomic mass is 32.2. The van der Waals surface area contributed by atoms with Crippen LogP contribution in [0.4, 0.5) is 0 Å². The molecule has 24 heavy (non-hydrogen) atoms. The first-order chi connectivity index (χ1) is 11.6. The fraction of sp³-hybridized carbons (Fsp3) is 0.353. The van der Waals surface area contributed by atoms with Gasteiger partial charge in [-0.1, -0.05) is 18.2 Å². The molecule has 0 atom stereocenters. The standard InChI is InChI=1S/C17H22N2O4S/c1-22-16-8-5-6-14(17(16)23-2)9-12-19-24(20,21)13-10-15-7-3-4-11-18-15/h3-8,11,19H,9-10,12-13H2,1-2H3. The zero-order valence-electron chi connectivity index (χ0n) is 13.9. The molecule has 2 rings (SSSR count). The zero-order valence-corrected chi connectivity index (χ0v) is 14.7. The van der Waals surface area contributed by atoms with E-state index in [1.54, 1.807) is 32.5 Å². The van der Waals surface area contributed by atoms with Crippen molar-refractivity contribution in [2.45, 2.75) is 12.8 Å². The van der Waals surface area contributed by atoms with Crippen LogP contribution in [-0.4, -0.2) is 39.9 Å². The maximum Gasteiger partial charge on any atom is 0.211 e. The monoisotopic (exact) mass is 350 g/mol. The molecule has 0 spiro atoms. The number of pyridine rings is 1. The average molecular weight is 350 g/mol. The number of nitrogens with one attached hydrogen (secondary N) is 1. The third kappa shape index (κ3) is 5.21. The molecule has 0 unspecified atom stereocenters. The summed E-state index contributed by atoms with van der Waals surface area (Å²) in [7, 11) is -0.208. The second-order valence-corrected chi connectivity index (χ2v) is 7.11. The number of benzene rings is 1. The predicted molar refractivity (Wildman–Crippen MR) is 93.0 cm³/mol. The van der Waals surface area contributed by atoms with Gasteiger partial charge in [0.2, 0.25) is 10.0 Å². The SMILES string of the molecule is COc1cccc(CCNS(=O)(=O)CCc2ccccn2)c1OC. The first kappa shape index (κ1) is 18.2. The summed E-state index contributed by atoms with van der Waals surface area (Å²) in [6.45, 7) is 0.300. The van der Waals surface area contributed by atoms with E-state index in [2.05, 4.69) is 9.71 Å². The Morgan fingerprint density at radius 2 is 1.88 bits per heavy atom. The molecule has 0 radical (unpaired) electrons. The Labute approximate surface area is 142 Å². The van der Waals surface area contributed by atoms with Crippen molar-refractivity contribution in [1.29, 1.82) is 0 Å². The van der Waals surface area contributed by atoms with Gasteiger partial charge in [0.05, 0.1) is 20.0 Å². The lowest BCUT2D eigenvalue weighted by Crippen LogP contribution is -2.29. The van der Waals surface area contributed by atoms with E-state index in [-0.39, 0.29) is 5.75 Å². The molecular formula is C17H22N2O4S. The lowest BCUT2D eigenvalue weighted by molar-refractivity contribution is 0.351. The van der Waals surface area contributed by atoms with Crippen LogP contribution >= 0.6 is 0 Å². The van der Waals surface area contributed by atoms with Crippen LogP contribution in [0.15, 0.2) is 42.6 Å². The molecule has 1 aromatic carbocycles. The van der Waals surface area contributed by atoms with Crippen molar-refractivity contribution in [3.05, 3.63) is 53.9 Å². The van der Waals surface area contributed by atoms with Gasteiger partial charge in [-0.05, 0) is 30.2 Å². The Bertz CT molecular complexity index is 748. The number of hydrogen-bond donors (Lipinski definition) is 1.